The summed E-state index contributed by atoms with van der Waals surface area (Å²) in [5.41, 5.74) is 0.152. The van der Waals surface area contributed by atoms with Gasteiger partial charge < -0.3 is 10.2 Å². The fraction of sp³-hybridized carbons (Fsp3) is 0.692. The standard InChI is InChI=1S/C13H21N5O3.ClH/c1-4-7-17(10-5-6-14-8-10)13(19)12-11(18(20)21)9(2)15-16(12)3;/h10,14H,4-8H2,1-3H3;1H. The maximum Gasteiger partial charge on any atom is 0.322 e. The lowest BCUT2D eigenvalue weighted by atomic mass is 10.1. The molecular weight excluding hydrogens is 310 g/mol. The Hall–Kier alpha value is -1.67. The Labute approximate surface area is 135 Å². The summed E-state index contributed by atoms with van der Waals surface area (Å²) in [6.07, 6.45) is 1.68. The van der Waals surface area contributed by atoms with E-state index >= 15 is 0 Å². The van der Waals surface area contributed by atoms with Gasteiger partial charge in [-0.15, -0.1) is 12.4 Å². The Bertz CT molecular complexity index is 554. The normalized spacial score (nSPS) is 17.1. The third-order valence-electron chi connectivity index (χ3n) is 3.78. The van der Waals surface area contributed by atoms with E-state index in [1.807, 2.05) is 6.92 Å². The van der Waals surface area contributed by atoms with Gasteiger partial charge in [-0.05, 0) is 26.3 Å². The molecule has 8 nitrogen and oxygen atoms in total. The molecule has 1 saturated heterocycles. The molecule has 0 aromatic carbocycles. The number of nitrogens with one attached hydrogen (secondary N) is 1. The quantitative estimate of drug-likeness (QED) is 0.648. The minimum atomic E-state index is -0.521. The largest absolute Gasteiger partial charge is 0.333 e. The Morgan fingerprint density at radius 2 is 2.27 bits per heavy atom. The van der Waals surface area contributed by atoms with Crippen LogP contribution in [0.2, 0.25) is 0 Å². The smallest absolute Gasteiger partial charge is 0.322 e. The number of hydrogen-bond acceptors (Lipinski definition) is 5. The number of carbonyl (C=O) groups is 1. The SMILES string of the molecule is CCCN(C(=O)c1c([N+](=O)[O-])c(C)nn1C)C1CCNC1.Cl. The van der Waals surface area contributed by atoms with Crippen LogP contribution < -0.4 is 5.32 Å². The van der Waals surface area contributed by atoms with Crippen molar-refractivity contribution in [2.24, 2.45) is 7.05 Å². The number of rotatable bonds is 5. The average Bonchev–Trinajstić information content (AvgIpc) is 3.02. The van der Waals surface area contributed by atoms with E-state index in [1.165, 1.54) is 4.68 Å². The maximum absolute atomic E-state index is 12.8. The van der Waals surface area contributed by atoms with Crippen LogP contribution in [0.25, 0.3) is 0 Å². The molecule has 124 valence electrons. The second-order valence-electron chi connectivity index (χ2n) is 5.31. The zero-order valence-electron chi connectivity index (χ0n) is 13.0. The van der Waals surface area contributed by atoms with Gasteiger partial charge in [0.05, 0.1) is 4.92 Å². The molecule has 1 aromatic rings. The van der Waals surface area contributed by atoms with E-state index in [9.17, 15) is 14.9 Å². The first-order chi connectivity index (χ1) is 9.97. The molecule has 1 atom stereocenters. The molecule has 0 spiro atoms. The summed E-state index contributed by atoms with van der Waals surface area (Å²) in [5.74, 6) is -0.305. The minimum Gasteiger partial charge on any atom is -0.333 e. The molecule has 9 heteroatoms. The number of halogens is 1. The number of nitro groups is 1. The highest BCUT2D eigenvalue weighted by atomic mass is 35.5. The number of amides is 1. The summed E-state index contributed by atoms with van der Waals surface area (Å²) in [4.78, 5) is 25.3. The molecule has 1 aliphatic rings. The lowest BCUT2D eigenvalue weighted by molar-refractivity contribution is -0.385. The van der Waals surface area contributed by atoms with Gasteiger partial charge in [-0.2, -0.15) is 5.10 Å². The van der Waals surface area contributed by atoms with E-state index in [4.69, 9.17) is 0 Å². The zero-order chi connectivity index (χ0) is 15.6. The van der Waals surface area contributed by atoms with Crippen LogP contribution >= 0.6 is 12.4 Å². The van der Waals surface area contributed by atoms with Gasteiger partial charge in [-0.3, -0.25) is 19.6 Å². The van der Waals surface area contributed by atoms with Gasteiger partial charge in [0, 0.05) is 26.2 Å². The predicted octanol–water partition coefficient (Wildman–Crippen LogP) is 1.27. The lowest BCUT2D eigenvalue weighted by Crippen LogP contribution is -2.43. The second kappa shape index (κ2) is 7.55. The molecule has 1 amide bonds. The van der Waals surface area contributed by atoms with E-state index in [2.05, 4.69) is 10.4 Å². The van der Waals surface area contributed by atoms with Crippen molar-refractivity contribution in [1.82, 2.24) is 20.0 Å². The predicted molar refractivity (Wildman–Crippen MR) is 84.4 cm³/mol. The summed E-state index contributed by atoms with van der Waals surface area (Å²) < 4.78 is 1.32. The molecule has 0 saturated carbocycles. The van der Waals surface area contributed by atoms with Gasteiger partial charge in [0.15, 0.2) is 0 Å². The molecule has 0 aliphatic carbocycles. The summed E-state index contributed by atoms with van der Waals surface area (Å²) in [5, 5.41) is 18.5. The van der Waals surface area contributed by atoms with E-state index in [-0.39, 0.29) is 41.4 Å². The van der Waals surface area contributed by atoms with Crippen molar-refractivity contribution >= 4 is 24.0 Å². The molecule has 1 unspecified atom stereocenters. The zero-order valence-corrected chi connectivity index (χ0v) is 13.9. The first-order valence-electron chi connectivity index (χ1n) is 7.17. The van der Waals surface area contributed by atoms with E-state index < -0.39 is 4.92 Å². The minimum absolute atomic E-state index is 0. The topological polar surface area (TPSA) is 93.3 Å². The fourth-order valence-corrected chi connectivity index (χ4v) is 2.84. The summed E-state index contributed by atoms with van der Waals surface area (Å²) >= 11 is 0. The van der Waals surface area contributed by atoms with Gasteiger partial charge in [0.1, 0.15) is 5.69 Å². The average molecular weight is 332 g/mol. The summed E-state index contributed by atoms with van der Waals surface area (Å²) in [7, 11) is 1.57. The van der Waals surface area contributed by atoms with Crippen molar-refractivity contribution in [1.29, 1.82) is 0 Å². The fourth-order valence-electron chi connectivity index (χ4n) is 2.84. The van der Waals surface area contributed by atoms with Gasteiger partial charge in [0.2, 0.25) is 5.69 Å². The van der Waals surface area contributed by atoms with Crippen LogP contribution in [0.15, 0.2) is 0 Å². The molecule has 0 bridgehead atoms. The molecule has 2 rings (SSSR count). The van der Waals surface area contributed by atoms with Crippen LogP contribution in [-0.2, 0) is 7.05 Å². The van der Waals surface area contributed by atoms with Gasteiger partial charge in [-0.25, -0.2) is 0 Å². The lowest BCUT2D eigenvalue weighted by Gasteiger charge is -2.27. The highest BCUT2D eigenvalue weighted by Gasteiger charge is 2.35. The molecule has 22 heavy (non-hydrogen) atoms. The van der Waals surface area contributed by atoms with Crippen molar-refractivity contribution in [2.75, 3.05) is 19.6 Å². The van der Waals surface area contributed by atoms with Crippen molar-refractivity contribution in [3.8, 4) is 0 Å². The van der Waals surface area contributed by atoms with Crippen molar-refractivity contribution in [3.05, 3.63) is 21.5 Å². The summed E-state index contributed by atoms with van der Waals surface area (Å²) in [6, 6.07) is 0.0901. The maximum atomic E-state index is 12.8. The van der Waals surface area contributed by atoms with Gasteiger partial charge in [0.25, 0.3) is 5.91 Å². The first-order valence-corrected chi connectivity index (χ1v) is 7.17. The highest BCUT2D eigenvalue weighted by molar-refractivity contribution is 5.97. The molecule has 1 aromatic heterocycles. The molecular formula is C13H22ClN5O3. The Balaban J connectivity index is 0.00000242. The Morgan fingerprint density at radius 3 is 2.77 bits per heavy atom. The molecule has 1 aliphatic heterocycles. The van der Waals surface area contributed by atoms with E-state index in [1.54, 1.807) is 18.9 Å². The van der Waals surface area contributed by atoms with Crippen LogP contribution in [0.5, 0.6) is 0 Å². The monoisotopic (exact) mass is 331 g/mol. The highest BCUT2D eigenvalue weighted by Crippen LogP contribution is 2.25. The molecule has 1 N–H and O–H groups in total. The van der Waals surface area contributed by atoms with Crippen LogP contribution in [0.3, 0.4) is 0 Å². The Kier molecular flexibility index (Phi) is 6.31. The number of aryl methyl sites for hydroxylation is 2. The van der Waals surface area contributed by atoms with Crippen LogP contribution in [0.4, 0.5) is 5.69 Å². The van der Waals surface area contributed by atoms with Gasteiger partial charge in [-0.1, -0.05) is 6.92 Å². The molecule has 2 heterocycles. The number of aromatic nitrogens is 2. The third kappa shape index (κ3) is 3.38. The molecule has 0 radical (unpaired) electrons. The van der Waals surface area contributed by atoms with E-state index in [0.717, 1.165) is 25.9 Å². The second-order valence-corrected chi connectivity index (χ2v) is 5.31. The van der Waals surface area contributed by atoms with Crippen LogP contribution in [-0.4, -0.2) is 51.2 Å². The first kappa shape index (κ1) is 18.4. The van der Waals surface area contributed by atoms with Crippen LogP contribution in [0.1, 0.15) is 35.9 Å². The number of carbonyl (C=O) groups excluding carboxylic acids is 1. The summed E-state index contributed by atoms with van der Waals surface area (Å²) in [6.45, 7) is 5.73. The number of nitrogens with zero attached hydrogens (tertiary/aromatic N) is 4. The van der Waals surface area contributed by atoms with Crippen molar-refractivity contribution in [3.63, 3.8) is 0 Å². The van der Waals surface area contributed by atoms with Crippen molar-refractivity contribution in [2.45, 2.75) is 32.7 Å². The number of hydrogen-bond donors (Lipinski definition) is 1. The van der Waals surface area contributed by atoms with Crippen LogP contribution in [0, 0.1) is 17.0 Å². The van der Waals surface area contributed by atoms with E-state index in [0.29, 0.717) is 6.54 Å². The Morgan fingerprint density at radius 1 is 1.59 bits per heavy atom. The molecule has 1 fully saturated rings. The van der Waals surface area contributed by atoms with Crippen molar-refractivity contribution < 1.29 is 9.72 Å². The van der Waals surface area contributed by atoms with Gasteiger partial charge >= 0.3 is 5.69 Å². The third-order valence-corrected chi connectivity index (χ3v) is 3.78.